The molecule has 7 heteroatoms. The first-order valence-electron chi connectivity index (χ1n) is 21.3. The second-order valence-electron chi connectivity index (χ2n) is 16.0. The number of hydrogen-bond acceptors (Lipinski definition) is 7. The van der Waals surface area contributed by atoms with Crippen LogP contribution in [-0.4, -0.2) is 55.2 Å². The normalized spacial score (nSPS) is 13.8. The van der Waals surface area contributed by atoms with Crippen molar-refractivity contribution in [3.05, 3.63) is 131 Å². The van der Waals surface area contributed by atoms with Gasteiger partial charge >= 0.3 is 11.9 Å². The maximum absolute atomic E-state index is 12.1. The maximum atomic E-state index is 12.1. The van der Waals surface area contributed by atoms with E-state index in [1.807, 2.05) is 6.92 Å². The molecule has 0 fully saturated rings. The minimum absolute atomic E-state index is 0.126. The molecule has 1 aliphatic carbocycles. The smallest absolute Gasteiger partial charge is 0.333 e. The predicted molar refractivity (Wildman–Crippen MR) is 236 cm³/mol. The van der Waals surface area contributed by atoms with E-state index in [1.165, 1.54) is 41.5 Å². The Morgan fingerprint density at radius 3 is 1.79 bits per heavy atom. The summed E-state index contributed by atoms with van der Waals surface area (Å²) in [5.74, 6) is 0.193. The molecular formula is C51H66O7. The number of esters is 2. The lowest BCUT2D eigenvalue weighted by molar-refractivity contribution is -0.139. The molecule has 0 aliphatic heterocycles. The highest BCUT2D eigenvalue weighted by atomic mass is 16.5. The van der Waals surface area contributed by atoms with Gasteiger partial charge < -0.3 is 24.4 Å². The average Bonchev–Trinajstić information content (AvgIpc) is 3.24. The second kappa shape index (κ2) is 23.6. The van der Waals surface area contributed by atoms with Gasteiger partial charge in [0.25, 0.3) is 0 Å². The van der Waals surface area contributed by atoms with Gasteiger partial charge in [-0.05, 0) is 128 Å². The molecule has 0 saturated heterocycles. The lowest BCUT2D eigenvalue weighted by Crippen LogP contribution is -2.31. The van der Waals surface area contributed by atoms with Crippen LogP contribution in [0.4, 0.5) is 0 Å². The minimum atomic E-state index is -0.631. The summed E-state index contributed by atoms with van der Waals surface area (Å²) >= 11 is 0. The van der Waals surface area contributed by atoms with Crippen LogP contribution in [-0.2, 0) is 38.3 Å². The van der Waals surface area contributed by atoms with Gasteiger partial charge in [-0.25, -0.2) is 9.59 Å². The molecule has 7 nitrogen and oxygen atoms in total. The Morgan fingerprint density at radius 2 is 1.29 bits per heavy atom. The van der Waals surface area contributed by atoms with Gasteiger partial charge in [0.2, 0.25) is 0 Å². The van der Waals surface area contributed by atoms with Crippen molar-refractivity contribution in [1.82, 2.24) is 0 Å². The molecule has 2 N–H and O–H groups in total. The Labute approximate surface area is 347 Å². The molecule has 3 aromatic rings. The van der Waals surface area contributed by atoms with Crippen molar-refractivity contribution >= 4 is 17.5 Å². The van der Waals surface area contributed by atoms with E-state index in [0.717, 1.165) is 47.3 Å². The van der Waals surface area contributed by atoms with Crippen LogP contribution in [0.5, 0.6) is 5.75 Å². The molecule has 312 valence electrons. The zero-order valence-corrected chi connectivity index (χ0v) is 35.5. The predicted octanol–water partition coefficient (Wildman–Crippen LogP) is 10.9. The Kier molecular flexibility index (Phi) is 18.7. The molecule has 1 aliphatic rings. The lowest BCUT2D eigenvalue weighted by atomic mass is 9.82. The number of hydrogen-bond donors (Lipinski definition) is 2. The summed E-state index contributed by atoms with van der Waals surface area (Å²) in [5, 5.41) is 20.4. The lowest BCUT2D eigenvalue weighted by Gasteiger charge is -2.30. The van der Waals surface area contributed by atoms with Gasteiger partial charge in [0.05, 0.1) is 33.0 Å². The standard InChI is InChI=1S/C51H66O7/c1-7-9-10-13-39-16-18-40(19-17-39)41-20-22-42(23-21-41)43-24-26-44(27-25-43)47-33-45(14-11-30-57-49(54)37(3)4)48(56-32-29-51(35-52,36-53)28-8-2)46(34-47)15-12-31-58-50(55)38(5)6/h16-22,24-27,33-34,42,52-53H,3,5,7-15,23,28-32,35-36H2,1-2,4,6H3. The number of aliphatic hydroxyl groups is 2. The zero-order valence-electron chi connectivity index (χ0n) is 35.5. The third kappa shape index (κ3) is 13.7. The third-order valence-electron chi connectivity index (χ3n) is 11.0. The van der Waals surface area contributed by atoms with Crippen molar-refractivity contribution in [2.24, 2.45) is 5.41 Å². The molecular weight excluding hydrogens is 725 g/mol. The van der Waals surface area contributed by atoms with E-state index in [0.29, 0.717) is 56.3 Å². The first kappa shape index (κ1) is 46.0. The second-order valence-corrected chi connectivity index (χ2v) is 16.0. The molecule has 4 rings (SSSR count). The highest BCUT2D eigenvalue weighted by molar-refractivity contribution is 5.87. The number of aryl methyl sites for hydroxylation is 3. The van der Waals surface area contributed by atoms with Crippen LogP contribution in [0.2, 0.25) is 0 Å². The highest BCUT2D eigenvalue weighted by Crippen LogP contribution is 2.37. The van der Waals surface area contributed by atoms with E-state index < -0.39 is 17.4 Å². The van der Waals surface area contributed by atoms with E-state index in [9.17, 15) is 19.8 Å². The topological polar surface area (TPSA) is 102 Å². The Hall–Kier alpha value is -4.72. The monoisotopic (exact) mass is 790 g/mol. The summed E-state index contributed by atoms with van der Waals surface area (Å²) in [6.07, 6.45) is 17.1. The maximum Gasteiger partial charge on any atom is 0.333 e. The van der Waals surface area contributed by atoms with Crippen LogP contribution in [0.3, 0.4) is 0 Å². The van der Waals surface area contributed by atoms with Crippen LogP contribution in [0.15, 0.2) is 103 Å². The molecule has 0 amide bonds. The molecule has 3 aromatic carbocycles. The summed E-state index contributed by atoms with van der Waals surface area (Å²) in [5.41, 5.74) is 9.31. The first-order chi connectivity index (χ1) is 28.0. The largest absolute Gasteiger partial charge is 0.493 e. The van der Waals surface area contributed by atoms with Gasteiger partial charge in [0, 0.05) is 22.5 Å². The van der Waals surface area contributed by atoms with Crippen LogP contribution in [0.25, 0.3) is 16.7 Å². The SMILES string of the molecule is C=C(C)C(=O)OCCCc1cc(-c2ccc(C3C=CC(c4ccc(CCCCC)cc4)=CC3)cc2)cc(CCCOC(=O)C(=C)C)c1OCCC(CO)(CO)CCC. The minimum Gasteiger partial charge on any atom is -0.493 e. The summed E-state index contributed by atoms with van der Waals surface area (Å²) < 4.78 is 17.5. The number of benzene rings is 3. The van der Waals surface area contributed by atoms with Gasteiger partial charge in [-0.3, -0.25) is 0 Å². The fourth-order valence-electron chi connectivity index (χ4n) is 7.42. The molecule has 0 bridgehead atoms. The average molecular weight is 791 g/mol. The molecule has 0 radical (unpaired) electrons. The highest BCUT2D eigenvalue weighted by Gasteiger charge is 2.28. The van der Waals surface area contributed by atoms with Gasteiger partial charge in [-0.1, -0.05) is 113 Å². The van der Waals surface area contributed by atoms with E-state index >= 15 is 0 Å². The first-order valence-corrected chi connectivity index (χ1v) is 21.3. The van der Waals surface area contributed by atoms with Crippen LogP contribution in [0.1, 0.15) is 119 Å². The van der Waals surface area contributed by atoms with Crippen LogP contribution < -0.4 is 4.74 Å². The number of aliphatic hydroxyl groups excluding tert-OH is 2. The van der Waals surface area contributed by atoms with Crippen molar-refractivity contribution in [3.8, 4) is 16.9 Å². The number of allylic oxidation sites excluding steroid dienone is 4. The summed E-state index contributed by atoms with van der Waals surface area (Å²) in [6.45, 7) is 15.5. The Bertz CT molecular complexity index is 1810. The van der Waals surface area contributed by atoms with Crippen molar-refractivity contribution in [1.29, 1.82) is 0 Å². The molecule has 0 spiro atoms. The molecule has 0 saturated carbocycles. The molecule has 0 aromatic heterocycles. The zero-order chi connectivity index (χ0) is 41.9. The van der Waals surface area contributed by atoms with Gasteiger partial charge in [-0.15, -0.1) is 0 Å². The van der Waals surface area contributed by atoms with E-state index in [1.54, 1.807) is 13.8 Å². The number of rotatable bonds is 25. The summed E-state index contributed by atoms with van der Waals surface area (Å²) in [7, 11) is 0. The molecule has 1 atom stereocenters. The van der Waals surface area contributed by atoms with Gasteiger partial charge in [0.15, 0.2) is 0 Å². The summed E-state index contributed by atoms with van der Waals surface area (Å²) in [6, 6.07) is 22.1. The fourth-order valence-corrected chi connectivity index (χ4v) is 7.42. The number of unbranched alkanes of at least 4 members (excludes halogenated alkanes) is 2. The van der Waals surface area contributed by atoms with Crippen molar-refractivity contribution in [3.63, 3.8) is 0 Å². The molecule has 1 unspecified atom stereocenters. The fraction of sp³-hybridized carbons (Fsp3) is 0.451. The molecule has 0 heterocycles. The Morgan fingerprint density at radius 1 is 0.707 bits per heavy atom. The van der Waals surface area contributed by atoms with Crippen molar-refractivity contribution in [2.75, 3.05) is 33.0 Å². The van der Waals surface area contributed by atoms with Crippen molar-refractivity contribution < 1.29 is 34.0 Å². The quantitative estimate of drug-likeness (QED) is 0.0500. The number of ether oxygens (including phenoxy) is 3. The van der Waals surface area contributed by atoms with Gasteiger partial charge in [0.1, 0.15) is 5.75 Å². The van der Waals surface area contributed by atoms with E-state index in [-0.39, 0.29) is 32.3 Å². The van der Waals surface area contributed by atoms with Gasteiger partial charge in [-0.2, -0.15) is 0 Å². The van der Waals surface area contributed by atoms with E-state index in [2.05, 4.69) is 99.0 Å². The summed E-state index contributed by atoms with van der Waals surface area (Å²) in [4.78, 5) is 24.3. The number of carbonyl (C=O) groups is 2. The Balaban J connectivity index is 1.58. The number of carbonyl (C=O) groups excluding carboxylic acids is 2. The third-order valence-corrected chi connectivity index (χ3v) is 11.0. The molecule has 58 heavy (non-hydrogen) atoms. The van der Waals surface area contributed by atoms with Crippen LogP contribution >= 0.6 is 0 Å². The van der Waals surface area contributed by atoms with E-state index in [4.69, 9.17) is 14.2 Å². The van der Waals surface area contributed by atoms with Crippen molar-refractivity contribution in [2.45, 2.75) is 111 Å². The van der Waals surface area contributed by atoms with Crippen LogP contribution in [0, 0.1) is 5.41 Å².